The predicted molar refractivity (Wildman–Crippen MR) is 64.0 cm³/mol. The van der Waals surface area contributed by atoms with E-state index in [0.29, 0.717) is 0 Å². The van der Waals surface area contributed by atoms with Crippen LogP contribution in [0.15, 0.2) is 4.99 Å². The first-order chi connectivity index (χ1) is 7.81. The predicted octanol–water partition coefficient (Wildman–Crippen LogP) is 1.44. The normalized spacial score (nSPS) is 49.9. The number of nitrogens with two attached hydrogens (primary N) is 1. The van der Waals surface area contributed by atoms with E-state index in [1.807, 2.05) is 0 Å². The van der Waals surface area contributed by atoms with Gasteiger partial charge in [-0.1, -0.05) is 0 Å². The molecule has 1 heterocycles. The summed E-state index contributed by atoms with van der Waals surface area (Å²) in [4.78, 5) is 6.81. The lowest BCUT2D eigenvalue weighted by Crippen LogP contribution is -2.58. The van der Waals surface area contributed by atoms with Crippen LogP contribution in [-0.2, 0) is 0 Å². The molecule has 0 saturated heterocycles. The minimum Gasteiger partial charge on any atom is -0.370 e. The van der Waals surface area contributed by atoms with Crippen molar-refractivity contribution in [1.29, 1.82) is 0 Å². The molecule has 3 nitrogen and oxygen atoms in total. The fraction of sp³-hybridized carbons (Fsp3) is 0.923. The zero-order chi connectivity index (χ0) is 10.7. The third kappa shape index (κ3) is 1.17. The van der Waals surface area contributed by atoms with Crippen LogP contribution < -0.4 is 5.73 Å². The summed E-state index contributed by atoms with van der Waals surface area (Å²) in [6.07, 6.45) is 7.43. The Morgan fingerprint density at radius 3 is 2.12 bits per heavy atom. The van der Waals surface area contributed by atoms with Crippen LogP contribution in [0, 0.1) is 23.7 Å². The first kappa shape index (κ1) is 9.32. The maximum atomic E-state index is 6.03. The zero-order valence-electron chi connectivity index (χ0n) is 9.81. The lowest BCUT2D eigenvalue weighted by molar-refractivity contribution is -0.0422. The Hall–Kier alpha value is -0.730. The fourth-order valence-corrected chi connectivity index (χ4v) is 5.18. The molecule has 16 heavy (non-hydrogen) atoms. The Morgan fingerprint density at radius 1 is 1.00 bits per heavy atom. The van der Waals surface area contributed by atoms with Gasteiger partial charge in [0.2, 0.25) is 0 Å². The minimum absolute atomic E-state index is 0.749. The highest BCUT2D eigenvalue weighted by Gasteiger charge is 2.50. The quantitative estimate of drug-likeness (QED) is 0.725. The number of hydrogen-bond acceptors (Lipinski definition) is 3. The highest BCUT2D eigenvalue weighted by molar-refractivity contribution is 5.80. The summed E-state index contributed by atoms with van der Waals surface area (Å²) in [6.45, 7) is 2.01. The molecule has 0 unspecified atom stereocenters. The molecule has 4 saturated carbocycles. The molecule has 4 bridgehead atoms. The Bertz CT molecular complexity index is 308. The third-order valence-corrected chi connectivity index (χ3v) is 5.45. The maximum absolute atomic E-state index is 6.03. The van der Waals surface area contributed by atoms with Gasteiger partial charge in [0.05, 0.1) is 6.54 Å². The summed E-state index contributed by atoms with van der Waals surface area (Å²) in [7, 11) is 0. The molecule has 4 aliphatic carbocycles. The second-order valence-electron chi connectivity index (χ2n) is 6.35. The molecule has 3 heteroatoms. The van der Waals surface area contributed by atoms with Crippen LogP contribution in [-0.4, -0.2) is 30.0 Å². The van der Waals surface area contributed by atoms with Gasteiger partial charge in [-0.2, -0.15) is 0 Å². The van der Waals surface area contributed by atoms with E-state index in [0.717, 1.165) is 48.8 Å². The summed E-state index contributed by atoms with van der Waals surface area (Å²) in [6, 6.07) is 0.749. The van der Waals surface area contributed by atoms with E-state index in [9.17, 15) is 0 Å². The second-order valence-corrected chi connectivity index (χ2v) is 6.35. The SMILES string of the molecule is NC1=NCCN1C1C2CC3CC(C2)CC1C3. The molecule has 0 radical (unpaired) electrons. The Balaban J connectivity index is 1.62. The van der Waals surface area contributed by atoms with E-state index in [-0.39, 0.29) is 0 Å². The van der Waals surface area contributed by atoms with Gasteiger partial charge in [-0.25, -0.2) is 0 Å². The Morgan fingerprint density at radius 2 is 1.62 bits per heavy atom. The molecule has 5 rings (SSSR count). The number of aliphatic imine (C=N–C) groups is 1. The van der Waals surface area contributed by atoms with Gasteiger partial charge < -0.3 is 10.6 Å². The van der Waals surface area contributed by atoms with E-state index >= 15 is 0 Å². The van der Waals surface area contributed by atoms with Gasteiger partial charge in [0.1, 0.15) is 0 Å². The zero-order valence-corrected chi connectivity index (χ0v) is 9.81. The topological polar surface area (TPSA) is 41.6 Å². The molecule has 0 spiro atoms. The average Bonchev–Trinajstić information content (AvgIpc) is 2.63. The van der Waals surface area contributed by atoms with Gasteiger partial charge in [-0.15, -0.1) is 0 Å². The molecule has 2 N–H and O–H groups in total. The van der Waals surface area contributed by atoms with Gasteiger partial charge in [-0.3, -0.25) is 4.99 Å². The van der Waals surface area contributed by atoms with E-state index in [2.05, 4.69) is 9.89 Å². The summed E-state index contributed by atoms with van der Waals surface area (Å²) < 4.78 is 0. The van der Waals surface area contributed by atoms with Crippen molar-refractivity contribution in [2.24, 2.45) is 34.4 Å². The summed E-state index contributed by atoms with van der Waals surface area (Å²) in [5, 5.41) is 0. The van der Waals surface area contributed by atoms with Gasteiger partial charge in [0.15, 0.2) is 5.96 Å². The first-order valence-corrected chi connectivity index (χ1v) is 6.88. The lowest BCUT2D eigenvalue weighted by Gasteiger charge is -2.56. The van der Waals surface area contributed by atoms with Crippen molar-refractivity contribution in [3.8, 4) is 0 Å². The number of rotatable bonds is 1. The standard InChI is InChI=1S/C13H21N3/c14-13-15-1-2-16(13)12-10-4-8-3-9(6-10)7-11(12)5-8/h8-12H,1-7H2,(H2,14,15). The minimum atomic E-state index is 0.749. The molecule has 0 aromatic rings. The van der Waals surface area contributed by atoms with E-state index in [1.165, 1.54) is 32.1 Å². The van der Waals surface area contributed by atoms with Crippen molar-refractivity contribution in [2.45, 2.75) is 38.1 Å². The Kier molecular flexibility index (Phi) is 1.83. The van der Waals surface area contributed by atoms with Gasteiger partial charge in [0.25, 0.3) is 0 Å². The van der Waals surface area contributed by atoms with Crippen LogP contribution >= 0.6 is 0 Å². The van der Waals surface area contributed by atoms with Crippen LogP contribution in [0.25, 0.3) is 0 Å². The van der Waals surface area contributed by atoms with Gasteiger partial charge in [0, 0.05) is 12.6 Å². The lowest BCUT2D eigenvalue weighted by atomic mass is 9.54. The van der Waals surface area contributed by atoms with E-state index in [1.54, 1.807) is 0 Å². The van der Waals surface area contributed by atoms with Crippen LogP contribution in [0.5, 0.6) is 0 Å². The third-order valence-electron chi connectivity index (χ3n) is 5.45. The van der Waals surface area contributed by atoms with Crippen LogP contribution in [0.1, 0.15) is 32.1 Å². The number of nitrogens with zero attached hydrogens (tertiary/aromatic N) is 2. The molecule has 0 atom stereocenters. The van der Waals surface area contributed by atoms with Gasteiger partial charge >= 0.3 is 0 Å². The molecule has 1 aliphatic heterocycles. The van der Waals surface area contributed by atoms with E-state index in [4.69, 9.17) is 5.73 Å². The first-order valence-electron chi connectivity index (χ1n) is 6.88. The smallest absolute Gasteiger partial charge is 0.191 e. The van der Waals surface area contributed by atoms with Crippen LogP contribution in [0.2, 0.25) is 0 Å². The number of guanidine groups is 1. The molecule has 88 valence electrons. The van der Waals surface area contributed by atoms with Crippen molar-refractivity contribution in [3.63, 3.8) is 0 Å². The van der Waals surface area contributed by atoms with Crippen molar-refractivity contribution in [3.05, 3.63) is 0 Å². The molecular weight excluding hydrogens is 198 g/mol. The van der Waals surface area contributed by atoms with Crippen molar-refractivity contribution >= 4 is 5.96 Å². The van der Waals surface area contributed by atoms with Crippen LogP contribution in [0.3, 0.4) is 0 Å². The fourth-order valence-electron chi connectivity index (χ4n) is 5.18. The monoisotopic (exact) mass is 219 g/mol. The van der Waals surface area contributed by atoms with Crippen LogP contribution in [0.4, 0.5) is 0 Å². The highest BCUT2D eigenvalue weighted by Crippen LogP contribution is 2.55. The molecule has 0 amide bonds. The molecule has 0 aromatic carbocycles. The van der Waals surface area contributed by atoms with Crippen molar-refractivity contribution in [1.82, 2.24) is 4.90 Å². The average molecular weight is 219 g/mol. The molecular formula is C13H21N3. The van der Waals surface area contributed by atoms with Gasteiger partial charge in [-0.05, 0) is 55.8 Å². The summed E-state index contributed by atoms with van der Waals surface area (Å²) in [5.41, 5.74) is 6.03. The molecule has 4 fully saturated rings. The largest absolute Gasteiger partial charge is 0.370 e. The van der Waals surface area contributed by atoms with Crippen molar-refractivity contribution in [2.75, 3.05) is 13.1 Å². The number of hydrogen-bond donors (Lipinski definition) is 1. The second kappa shape index (κ2) is 3.14. The molecule has 5 aliphatic rings. The van der Waals surface area contributed by atoms with E-state index < -0.39 is 0 Å². The summed E-state index contributed by atoms with van der Waals surface area (Å²) >= 11 is 0. The van der Waals surface area contributed by atoms with Crippen molar-refractivity contribution < 1.29 is 0 Å². The summed E-state index contributed by atoms with van der Waals surface area (Å²) in [5.74, 6) is 4.81. The molecule has 0 aromatic heterocycles. The Labute approximate surface area is 97.1 Å². The maximum Gasteiger partial charge on any atom is 0.191 e. The highest BCUT2D eigenvalue weighted by atomic mass is 15.3.